The summed E-state index contributed by atoms with van der Waals surface area (Å²) in [5, 5.41) is 18.8. The average molecular weight is 388 g/mol. The minimum Gasteiger partial charge on any atom is -0.478 e. The van der Waals surface area contributed by atoms with E-state index in [0.717, 1.165) is 38.9 Å². The van der Waals surface area contributed by atoms with Crippen molar-refractivity contribution < 1.29 is 19.8 Å². The van der Waals surface area contributed by atoms with Gasteiger partial charge in [-0.25, -0.2) is 9.59 Å². The highest BCUT2D eigenvalue weighted by Gasteiger charge is 2.18. The third-order valence-electron chi connectivity index (χ3n) is 5.44. The molecule has 0 fully saturated rings. The first-order chi connectivity index (χ1) is 13.6. The van der Waals surface area contributed by atoms with Gasteiger partial charge in [0.2, 0.25) is 0 Å². The Morgan fingerprint density at radius 2 is 1.07 bits per heavy atom. The molecule has 0 saturated heterocycles. The fourth-order valence-electron chi connectivity index (χ4n) is 3.90. The Morgan fingerprint density at radius 3 is 1.59 bits per heavy atom. The lowest BCUT2D eigenvalue weighted by molar-refractivity contribution is 0.0685. The van der Waals surface area contributed by atoms with Crippen LogP contribution in [0.15, 0.2) is 42.5 Å². The van der Waals surface area contributed by atoms with E-state index in [1.165, 1.54) is 0 Å². The fraction of sp³-hybridized carbons (Fsp3) is 0.200. The number of rotatable bonds is 4. The van der Waals surface area contributed by atoms with Gasteiger partial charge in [0.25, 0.3) is 0 Å². The van der Waals surface area contributed by atoms with Crippen molar-refractivity contribution in [3.63, 3.8) is 0 Å². The molecule has 0 radical (unpaired) electrons. The molecular weight excluding hydrogens is 364 g/mol. The van der Waals surface area contributed by atoms with Gasteiger partial charge in [-0.2, -0.15) is 0 Å². The molecule has 0 spiro atoms. The Labute approximate surface area is 170 Å². The van der Waals surface area contributed by atoms with Crippen LogP contribution in [0.2, 0.25) is 0 Å². The molecule has 3 aromatic rings. The molecule has 148 valence electrons. The number of hydrogen-bond acceptors (Lipinski definition) is 2. The van der Waals surface area contributed by atoms with Crippen molar-refractivity contribution in [1.29, 1.82) is 0 Å². The van der Waals surface area contributed by atoms with E-state index >= 15 is 0 Å². The smallest absolute Gasteiger partial charge is 0.335 e. The Hall–Kier alpha value is -3.40. The normalized spacial score (nSPS) is 10.8. The second kappa shape index (κ2) is 7.55. The summed E-state index contributed by atoms with van der Waals surface area (Å²) in [5.41, 5.74) is 8.89. The zero-order chi connectivity index (χ0) is 21.5. The summed E-state index contributed by atoms with van der Waals surface area (Å²) in [6, 6.07) is 13.3. The van der Waals surface area contributed by atoms with Gasteiger partial charge in [0.1, 0.15) is 0 Å². The molecule has 0 bridgehead atoms. The first kappa shape index (κ1) is 20.3. The van der Waals surface area contributed by atoms with Crippen LogP contribution in [-0.2, 0) is 0 Å². The highest BCUT2D eigenvalue weighted by atomic mass is 16.4. The van der Waals surface area contributed by atoms with E-state index in [2.05, 4.69) is 0 Å². The lowest BCUT2D eigenvalue weighted by Crippen LogP contribution is -2.03. The maximum Gasteiger partial charge on any atom is 0.335 e. The molecule has 4 heteroatoms. The van der Waals surface area contributed by atoms with Crippen LogP contribution in [0, 0.1) is 34.6 Å². The van der Waals surface area contributed by atoms with Crippen molar-refractivity contribution >= 4 is 11.9 Å². The second-order valence-corrected chi connectivity index (χ2v) is 7.57. The van der Waals surface area contributed by atoms with Crippen molar-refractivity contribution in [2.45, 2.75) is 34.6 Å². The predicted molar refractivity (Wildman–Crippen MR) is 115 cm³/mol. The van der Waals surface area contributed by atoms with E-state index in [4.69, 9.17) is 0 Å². The molecule has 29 heavy (non-hydrogen) atoms. The third-order valence-corrected chi connectivity index (χ3v) is 5.44. The summed E-state index contributed by atoms with van der Waals surface area (Å²) in [7, 11) is 0. The van der Waals surface area contributed by atoms with Crippen molar-refractivity contribution in [3.05, 3.63) is 81.4 Å². The quantitative estimate of drug-likeness (QED) is 0.578. The summed E-state index contributed by atoms with van der Waals surface area (Å²) in [5.74, 6) is -1.87. The van der Waals surface area contributed by atoms with Crippen LogP contribution < -0.4 is 0 Å². The highest BCUT2D eigenvalue weighted by Crippen LogP contribution is 2.39. The molecule has 0 unspecified atom stereocenters. The van der Waals surface area contributed by atoms with E-state index in [0.29, 0.717) is 22.3 Å². The molecule has 0 heterocycles. The summed E-state index contributed by atoms with van der Waals surface area (Å²) < 4.78 is 0. The summed E-state index contributed by atoms with van der Waals surface area (Å²) >= 11 is 0. The maximum absolute atomic E-state index is 11.5. The maximum atomic E-state index is 11.5. The number of aromatic carboxylic acids is 2. The molecule has 0 aliphatic carbocycles. The Kier molecular flexibility index (Phi) is 5.29. The molecule has 0 amide bonds. The van der Waals surface area contributed by atoms with Gasteiger partial charge in [-0.05, 0) is 96.8 Å². The van der Waals surface area contributed by atoms with E-state index in [1.807, 2.05) is 51.1 Å². The third kappa shape index (κ3) is 3.66. The van der Waals surface area contributed by atoms with Crippen LogP contribution in [-0.4, -0.2) is 22.2 Å². The minimum atomic E-state index is -0.933. The lowest BCUT2D eigenvalue weighted by Gasteiger charge is -2.19. The molecule has 3 aromatic carbocycles. The van der Waals surface area contributed by atoms with Gasteiger partial charge >= 0.3 is 11.9 Å². The SMILES string of the molecule is Cc1cc(-c2cccc(C)c2-c2cc(C)c(C(=O)O)cc2C)c(C)cc1C(=O)O. The topological polar surface area (TPSA) is 74.6 Å². The summed E-state index contributed by atoms with van der Waals surface area (Å²) in [6.45, 7) is 9.48. The molecular formula is C25H24O4. The molecule has 0 aromatic heterocycles. The van der Waals surface area contributed by atoms with E-state index < -0.39 is 11.9 Å². The molecule has 3 rings (SSSR count). The zero-order valence-electron chi connectivity index (χ0n) is 17.3. The first-order valence-corrected chi connectivity index (χ1v) is 9.41. The van der Waals surface area contributed by atoms with Gasteiger partial charge in [-0.1, -0.05) is 30.3 Å². The van der Waals surface area contributed by atoms with Gasteiger partial charge in [-0.15, -0.1) is 0 Å². The number of carboxylic acid groups (broad SMARTS) is 2. The molecule has 0 aliphatic heterocycles. The van der Waals surface area contributed by atoms with Crippen LogP contribution >= 0.6 is 0 Å². The fourth-order valence-corrected chi connectivity index (χ4v) is 3.90. The minimum absolute atomic E-state index is 0.304. The standard InChI is InChI=1S/C25H24O4/c1-13-7-6-8-18(19-9-16(4)21(24(26)27)11-14(19)2)23(13)20-10-17(5)22(25(28)29)12-15(20)3/h6-12H,1-5H3,(H,26,27)(H,28,29). The van der Waals surface area contributed by atoms with E-state index in [-0.39, 0.29) is 0 Å². The van der Waals surface area contributed by atoms with Gasteiger partial charge < -0.3 is 10.2 Å². The monoisotopic (exact) mass is 388 g/mol. The van der Waals surface area contributed by atoms with Crippen molar-refractivity contribution in [3.8, 4) is 22.3 Å². The van der Waals surface area contributed by atoms with Gasteiger partial charge in [-0.3, -0.25) is 0 Å². The number of hydrogen-bond donors (Lipinski definition) is 2. The molecule has 0 atom stereocenters. The first-order valence-electron chi connectivity index (χ1n) is 9.41. The van der Waals surface area contributed by atoms with Gasteiger partial charge in [0.05, 0.1) is 11.1 Å². The average Bonchev–Trinajstić information content (AvgIpc) is 2.64. The van der Waals surface area contributed by atoms with Crippen LogP contribution in [0.25, 0.3) is 22.3 Å². The van der Waals surface area contributed by atoms with Gasteiger partial charge in [0, 0.05) is 0 Å². The second-order valence-electron chi connectivity index (χ2n) is 7.57. The molecule has 4 nitrogen and oxygen atoms in total. The summed E-state index contributed by atoms with van der Waals surface area (Å²) in [4.78, 5) is 23.0. The predicted octanol–water partition coefficient (Wildman–Crippen LogP) is 5.96. The van der Waals surface area contributed by atoms with Crippen LogP contribution in [0.4, 0.5) is 0 Å². The zero-order valence-corrected chi connectivity index (χ0v) is 17.3. The van der Waals surface area contributed by atoms with Gasteiger partial charge in [0.15, 0.2) is 0 Å². The number of aryl methyl sites for hydroxylation is 5. The molecule has 2 N–H and O–H groups in total. The van der Waals surface area contributed by atoms with Crippen LogP contribution in [0.5, 0.6) is 0 Å². The summed E-state index contributed by atoms with van der Waals surface area (Å²) in [6.07, 6.45) is 0. The Morgan fingerprint density at radius 1 is 0.586 bits per heavy atom. The van der Waals surface area contributed by atoms with Crippen molar-refractivity contribution in [2.24, 2.45) is 0 Å². The largest absolute Gasteiger partial charge is 0.478 e. The number of benzene rings is 3. The van der Waals surface area contributed by atoms with E-state index in [1.54, 1.807) is 26.0 Å². The highest BCUT2D eigenvalue weighted by molar-refractivity contribution is 5.95. The number of carboxylic acids is 2. The van der Waals surface area contributed by atoms with Crippen LogP contribution in [0.1, 0.15) is 48.5 Å². The van der Waals surface area contributed by atoms with Crippen molar-refractivity contribution in [1.82, 2.24) is 0 Å². The van der Waals surface area contributed by atoms with E-state index in [9.17, 15) is 19.8 Å². The van der Waals surface area contributed by atoms with Crippen molar-refractivity contribution in [2.75, 3.05) is 0 Å². The van der Waals surface area contributed by atoms with Crippen LogP contribution in [0.3, 0.4) is 0 Å². The molecule has 0 aliphatic rings. The Bertz CT molecular complexity index is 1160. The lowest BCUT2D eigenvalue weighted by atomic mass is 9.85. The Balaban J connectivity index is 2.31. The number of carbonyl (C=O) groups is 2. The molecule has 0 saturated carbocycles.